The van der Waals surface area contributed by atoms with E-state index >= 15 is 0 Å². The van der Waals surface area contributed by atoms with Gasteiger partial charge in [0.15, 0.2) is 0 Å². The molecule has 0 bridgehead atoms. The molecule has 1 aliphatic rings. The molecule has 0 spiro atoms. The smallest absolute Gasteiger partial charge is 0.408 e. The number of rotatable bonds is 3. The molecule has 0 saturated heterocycles. The van der Waals surface area contributed by atoms with Gasteiger partial charge in [-0.05, 0) is 47.5 Å². The number of carbonyl (C=O) groups is 2. The average molecular weight is 284 g/mol. The second-order valence-electron chi connectivity index (χ2n) is 7.06. The standard InChI is InChI=1S/C15H28N2O3/c1-14(2,3)20-13(19)17-15(4,5)12(18)16-11-9-7-6-8-10-11/h11H,6-10H2,1-5H3,(H,16,18)(H,17,19). The lowest BCUT2D eigenvalue weighted by Crippen LogP contribution is -2.57. The van der Waals surface area contributed by atoms with E-state index in [0.717, 1.165) is 25.7 Å². The highest BCUT2D eigenvalue weighted by atomic mass is 16.6. The predicted molar refractivity (Wildman–Crippen MR) is 78.5 cm³/mol. The van der Waals surface area contributed by atoms with E-state index in [4.69, 9.17) is 4.74 Å². The van der Waals surface area contributed by atoms with Crippen molar-refractivity contribution in [2.24, 2.45) is 0 Å². The third-order valence-corrected chi connectivity index (χ3v) is 3.32. The van der Waals surface area contributed by atoms with Crippen LogP contribution in [0.15, 0.2) is 0 Å². The Kier molecular flexibility index (Phi) is 5.42. The highest BCUT2D eigenvalue weighted by Crippen LogP contribution is 2.18. The Morgan fingerprint density at radius 2 is 1.55 bits per heavy atom. The molecule has 1 saturated carbocycles. The lowest BCUT2D eigenvalue weighted by Gasteiger charge is -2.30. The number of nitrogens with one attached hydrogen (secondary N) is 2. The minimum atomic E-state index is -0.972. The zero-order valence-electron chi connectivity index (χ0n) is 13.3. The monoisotopic (exact) mass is 284 g/mol. The van der Waals surface area contributed by atoms with Crippen molar-refractivity contribution in [3.8, 4) is 0 Å². The van der Waals surface area contributed by atoms with Gasteiger partial charge in [-0.1, -0.05) is 19.3 Å². The summed E-state index contributed by atoms with van der Waals surface area (Å²) in [6.45, 7) is 8.76. The van der Waals surface area contributed by atoms with Crippen molar-refractivity contribution >= 4 is 12.0 Å². The molecule has 5 heteroatoms. The first-order chi connectivity index (χ1) is 9.10. The molecule has 0 aromatic rings. The summed E-state index contributed by atoms with van der Waals surface area (Å²) in [6, 6.07) is 0.232. The maximum absolute atomic E-state index is 12.3. The van der Waals surface area contributed by atoms with Gasteiger partial charge >= 0.3 is 6.09 Å². The molecule has 2 N–H and O–H groups in total. The van der Waals surface area contributed by atoms with Crippen LogP contribution in [0.1, 0.15) is 66.7 Å². The first-order valence-corrected chi connectivity index (χ1v) is 7.42. The Morgan fingerprint density at radius 1 is 1.00 bits per heavy atom. The van der Waals surface area contributed by atoms with Crippen molar-refractivity contribution in [1.29, 1.82) is 0 Å². The number of alkyl carbamates (subject to hydrolysis) is 1. The SMILES string of the molecule is CC(C)(C)OC(=O)NC(C)(C)C(=O)NC1CCCCC1. The molecule has 0 aromatic heterocycles. The molecule has 116 valence electrons. The Morgan fingerprint density at radius 3 is 2.05 bits per heavy atom. The summed E-state index contributed by atoms with van der Waals surface area (Å²) in [5, 5.41) is 5.65. The zero-order valence-corrected chi connectivity index (χ0v) is 13.3. The summed E-state index contributed by atoms with van der Waals surface area (Å²) < 4.78 is 5.18. The fourth-order valence-electron chi connectivity index (χ4n) is 2.23. The van der Waals surface area contributed by atoms with Crippen LogP contribution in [0.2, 0.25) is 0 Å². The van der Waals surface area contributed by atoms with Crippen molar-refractivity contribution < 1.29 is 14.3 Å². The molecule has 0 aliphatic heterocycles. The Balaban J connectivity index is 2.49. The molecule has 2 amide bonds. The first kappa shape index (κ1) is 16.8. The quantitative estimate of drug-likeness (QED) is 0.837. The molecule has 0 unspecified atom stereocenters. The Hall–Kier alpha value is -1.26. The normalized spacial score (nSPS) is 17.4. The van der Waals surface area contributed by atoms with Crippen LogP contribution in [0.3, 0.4) is 0 Å². The van der Waals surface area contributed by atoms with Crippen LogP contribution >= 0.6 is 0 Å². The molecular formula is C15H28N2O3. The number of hydrogen-bond donors (Lipinski definition) is 2. The molecule has 20 heavy (non-hydrogen) atoms. The van der Waals surface area contributed by atoms with Crippen LogP contribution in [0.4, 0.5) is 4.79 Å². The lowest BCUT2D eigenvalue weighted by molar-refractivity contribution is -0.127. The maximum atomic E-state index is 12.3. The third kappa shape index (κ3) is 5.80. The molecule has 1 aliphatic carbocycles. The summed E-state index contributed by atoms with van der Waals surface area (Å²) in [4.78, 5) is 24.0. The first-order valence-electron chi connectivity index (χ1n) is 7.42. The summed E-state index contributed by atoms with van der Waals surface area (Å²) in [7, 11) is 0. The van der Waals surface area contributed by atoms with Crippen LogP contribution in [-0.2, 0) is 9.53 Å². The lowest BCUT2D eigenvalue weighted by atomic mass is 9.94. The van der Waals surface area contributed by atoms with Gasteiger partial charge in [0.25, 0.3) is 0 Å². The largest absolute Gasteiger partial charge is 0.444 e. The van der Waals surface area contributed by atoms with Gasteiger partial charge in [0.05, 0.1) is 0 Å². The van der Waals surface area contributed by atoms with Crippen LogP contribution in [-0.4, -0.2) is 29.2 Å². The van der Waals surface area contributed by atoms with E-state index < -0.39 is 17.2 Å². The van der Waals surface area contributed by atoms with E-state index in [1.54, 1.807) is 34.6 Å². The molecular weight excluding hydrogens is 256 g/mol. The predicted octanol–water partition coefficient (Wildman–Crippen LogP) is 2.74. The molecule has 0 aromatic carbocycles. The van der Waals surface area contributed by atoms with Crippen LogP contribution < -0.4 is 10.6 Å². The summed E-state index contributed by atoms with van der Waals surface area (Å²) in [6.07, 6.45) is 5.03. The van der Waals surface area contributed by atoms with Gasteiger partial charge < -0.3 is 15.4 Å². The second kappa shape index (κ2) is 6.46. The summed E-state index contributed by atoms with van der Waals surface area (Å²) in [5.74, 6) is -0.157. The van der Waals surface area contributed by atoms with E-state index in [9.17, 15) is 9.59 Å². The summed E-state index contributed by atoms with van der Waals surface area (Å²) >= 11 is 0. The highest BCUT2D eigenvalue weighted by Gasteiger charge is 2.32. The van der Waals surface area contributed by atoms with Crippen molar-refractivity contribution in [2.75, 3.05) is 0 Å². The maximum Gasteiger partial charge on any atom is 0.408 e. The second-order valence-corrected chi connectivity index (χ2v) is 7.06. The van der Waals surface area contributed by atoms with Gasteiger partial charge in [-0.15, -0.1) is 0 Å². The minimum absolute atomic E-state index is 0.157. The molecule has 1 rings (SSSR count). The number of carbonyl (C=O) groups excluding carboxylic acids is 2. The minimum Gasteiger partial charge on any atom is -0.444 e. The van der Waals surface area contributed by atoms with Crippen LogP contribution in [0.25, 0.3) is 0 Å². The topological polar surface area (TPSA) is 67.4 Å². The van der Waals surface area contributed by atoms with Crippen molar-refractivity contribution in [2.45, 2.75) is 83.9 Å². The van der Waals surface area contributed by atoms with Gasteiger partial charge in [-0.2, -0.15) is 0 Å². The van der Waals surface area contributed by atoms with Gasteiger partial charge in [0.1, 0.15) is 11.1 Å². The Labute approximate surface area is 121 Å². The molecule has 1 fully saturated rings. The molecule has 5 nitrogen and oxygen atoms in total. The average Bonchev–Trinajstić information content (AvgIpc) is 2.26. The number of amides is 2. The number of ether oxygens (including phenoxy) is 1. The number of hydrogen-bond acceptors (Lipinski definition) is 3. The van der Waals surface area contributed by atoms with E-state index in [0.29, 0.717) is 0 Å². The van der Waals surface area contributed by atoms with Gasteiger partial charge in [0, 0.05) is 6.04 Å². The van der Waals surface area contributed by atoms with Gasteiger partial charge in [-0.3, -0.25) is 4.79 Å². The highest BCUT2D eigenvalue weighted by molar-refractivity contribution is 5.89. The fraction of sp³-hybridized carbons (Fsp3) is 0.867. The Bertz CT molecular complexity index is 353. The van der Waals surface area contributed by atoms with Crippen LogP contribution in [0.5, 0.6) is 0 Å². The van der Waals surface area contributed by atoms with E-state index in [1.165, 1.54) is 6.42 Å². The van der Waals surface area contributed by atoms with Crippen LogP contribution in [0, 0.1) is 0 Å². The van der Waals surface area contributed by atoms with Crippen molar-refractivity contribution in [1.82, 2.24) is 10.6 Å². The molecule has 0 radical (unpaired) electrons. The van der Waals surface area contributed by atoms with E-state index in [1.807, 2.05) is 0 Å². The van der Waals surface area contributed by atoms with Gasteiger partial charge in [0.2, 0.25) is 5.91 Å². The third-order valence-electron chi connectivity index (χ3n) is 3.32. The van der Waals surface area contributed by atoms with E-state index in [2.05, 4.69) is 10.6 Å². The van der Waals surface area contributed by atoms with E-state index in [-0.39, 0.29) is 11.9 Å². The fourth-order valence-corrected chi connectivity index (χ4v) is 2.23. The zero-order chi connectivity index (χ0) is 15.4. The van der Waals surface area contributed by atoms with Gasteiger partial charge in [-0.25, -0.2) is 4.79 Å². The molecule has 0 heterocycles. The van der Waals surface area contributed by atoms with Crippen molar-refractivity contribution in [3.63, 3.8) is 0 Å². The summed E-state index contributed by atoms with van der Waals surface area (Å²) in [5.41, 5.74) is -1.54. The molecule has 0 atom stereocenters. The van der Waals surface area contributed by atoms with Crippen molar-refractivity contribution in [3.05, 3.63) is 0 Å².